The van der Waals surface area contributed by atoms with E-state index in [9.17, 15) is 0 Å². The SMILES string of the molecule is CCOc1cc(Br)c(/C=N\O)cc1OCC. The monoisotopic (exact) mass is 287 g/mol. The van der Waals surface area contributed by atoms with Crippen molar-refractivity contribution >= 4 is 22.1 Å². The largest absolute Gasteiger partial charge is 0.490 e. The van der Waals surface area contributed by atoms with E-state index >= 15 is 0 Å². The maximum Gasteiger partial charge on any atom is 0.162 e. The highest BCUT2D eigenvalue weighted by Gasteiger charge is 2.09. The van der Waals surface area contributed by atoms with Gasteiger partial charge in [0.15, 0.2) is 11.5 Å². The molecule has 0 unspecified atom stereocenters. The lowest BCUT2D eigenvalue weighted by molar-refractivity contribution is 0.287. The summed E-state index contributed by atoms with van der Waals surface area (Å²) in [6.07, 6.45) is 1.34. The van der Waals surface area contributed by atoms with Crippen LogP contribution in [0.5, 0.6) is 11.5 Å². The Bertz CT molecular complexity index is 380. The van der Waals surface area contributed by atoms with Crippen LogP contribution in [0.15, 0.2) is 21.8 Å². The summed E-state index contributed by atoms with van der Waals surface area (Å²) < 4.78 is 11.7. The van der Waals surface area contributed by atoms with E-state index < -0.39 is 0 Å². The van der Waals surface area contributed by atoms with Crippen LogP contribution in [0.3, 0.4) is 0 Å². The standard InChI is InChI=1S/C11H14BrNO3/c1-3-15-10-5-8(7-13-14)9(12)6-11(10)16-4-2/h5-7,14H,3-4H2,1-2H3/b13-7-. The Morgan fingerprint density at radius 2 is 1.81 bits per heavy atom. The molecule has 5 heteroatoms. The van der Waals surface area contributed by atoms with Gasteiger partial charge in [-0.1, -0.05) is 5.16 Å². The smallest absolute Gasteiger partial charge is 0.162 e. The van der Waals surface area contributed by atoms with E-state index in [0.29, 0.717) is 24.7 Å². The summed E-state index contributed by atoms with van der Waals surface area (Å²) in [5.74, 6) is 1.31. The van der Waals surface area contributed by atoms with Crippen LogP contribution in [-0.2, 0) is 0 Å². The summed E-state index contributed by atoms with van der Waals surface area (Å²) in [5.41, 5.74) is 0.731. The van der Waals surface area contributed by atoms with Crippen molar-refractivity contribution in [3.8, 4) is 11.5 Å². The summed E-state index contributed by atoms with van der Waals surface area (Å²) in [5, 5.41) is 11.5. The van der Waals surface area contributed by atoms with Gasteiger partial charge >= 0.3 is 0 Å². The second kappa shape index (κ2) is 6.37. The van der Waals surface area contributed by atoms with E-state index in [2.05, 4.69) is 21.1 Å². The Balaban J connectivity index is 3.13. The first kappa shape index (κ1) is 12.8. The second-order valence-corrected chi connectivity index (χ2v) is 3.79. The van der Waals surface area contributed by atoms with Gasteiger partial charge in [0.05, 0.1) is 19.4 Å². The number of benzene rings is 1. The Labute approximate surface area is 103 Å². The van der Waals surface area contributed by atoms with E-state index in [1.165, 1.54) is 6.21 Å². The predicted molar refractivity (Wildman–Crippen MR) is 65.9 cm³/mol. The van der Waals surface area contributed by atoms with Crippen LogP contribution >= 0.6 is 15.9 Å². The summed E-state index contributed by atoms with van der Waals surface area (Å²) in [6, 6.07) is 3.56. The fraction of sp³-hybridized carbons (Fsp3) is 0.364. The molecular formula is C11H14BrNO3. The van der Waals surface area contributed by atoms with E-state index in [4.69, 9.17) is 14.7 Å². The summed E-state index contributed by atoms with van der Waals surface area (Å²) in [4.78, 5) is 0. The lowest BCUT2D eigenvalue weighted by Gasteiger charge is -2.12. The number of rotatable bonds is 5. The van der Waals surface area contributed by atoms with Crippen molar-refractivity contribution in [1.29, 1.82) is 0 Å². The van der Waals surface area contributed by atoms with E-state index in [1.807, 2.05) is 13.8 Å². The molecule has 1 aromatic rings. The number of hydrogen-bond donors (Lipinski definition) is 1. The molecule has 0 aliphatic heterocycles. The zero-order valence-electron chi connectivity index (χ0n) is 9.24. The minimum atomic E-state index is 0.553. The van der Waals surface area contributed by atoms with Crippen LogP contribution in [0.4, 0.5) is 0 Å². The van der Waals surface area contributed by atoms with Crippen molar-refractivity contribution < 1.29 is 14.7 Å². The normalized spacial score (nSPS) is 10.7. The molecule has 88 valence electrons. The van der Waals surface area contributed by atoms with Crippen LogP contribution < -0.4 is 9.47 Å². The number of nitrogens with zero attached hydrogens (tertiary/aromatic N) is 1. The molecule has 0 fully saturated rings. The Kier molecular flexibility index (Phi) is 5.11. The van der Waals surface area contributed by atoms with Gasteiger partial charge in [0, 0.05) is 10.0 Å². The van der Waals surface area contributed by atoms with Crippen LogP contribution in [0, 0.1) is 0 Å². The van der Waals surface area contributed by atoms with Gasteiger partial charge in [-0.15, -0.1) is 0 Å². The highest BCUT2D eigenvalue weighted by atomic mass is 79.9. The van der Waals surface area contributed by atoms with Gasteiger partial charge in [-0.05, 0) is 41.9 Å². The minimum absolute atomic E-state index is 0.553. The number of ether oxygens (including phenoxy) is 2. The highest BCUT2D eigenvalue weighted by Crippen LogP contribution is 2.33. The summed E-state index contributed by atoms with van der Waals surface area (Å²) in [7, 11) is 0. The zero-order valence-corrected chi connectivity index (χ0v) is 10.8. The number of halogens is 1. The fourth-order valence-corrected chi connectivity index (χ4v) is 1.67. The van der Waals surface area contributed by atoms with E-state index in [0.717, 1.165) is 10.0 Å². The molecule has 0 heterocycles. The van der Waals surface area contributed by atoms with Crippen molar-refractivity contribution in [2.75, 3.05) is 13.2 Å². The van der Waals surface area contributed by atoms with Crippen molar-refractivity contribution in [1.82, 2.24) is 0 Å². The van der Waals surface area contributed by atoms with Crippen molar-refractivity contribution in [2.24, 2.45) is 5.16 Å². The molecule has 0 atom stereocenters. The van der Waals surface area contributed by atoms with Gasteiger partial charge in [-0.25, -0.2) is 0 Å². The Morgan fingerprint density at radius 1 is 1.25 bits per heavy atom. The van der Waals surface area contributed by atoms with Gasteiger partial charge in [0.25, 0.3) is 0 Å². The van der Waals surface area contributed by atoms with Gasteiger partial charge in [0.1, 0.15) is 0 Å². The van der Waals surface area contributed by atoms with Crippen molar-refractivity contribution in [3.05, 3.63) is 22.2 Å². The van der Waals surface area contributed by atoms with Crippen LogP contribution in [0.2, 0.25) is 0 Å². The summed E-state index contributed by atoms with van der Waals surface area (Å²) in [6.45, 7) is 4.93. The lowest BCUT2D eigenvalue weighted by atomic mass is 10.2. The summed E-state index contributed by atoms with van der Waals surface area (Å²) >= 11 is 3.37. The van der Waals surface area contributed by atoms with Crippen molar-refractivity contribution in [3.63, 3.8) is 0 Å². The average Bonchev–Trinajstić information content (AvgIpc) is 2.25. The molecule has 0 saturated carbocycles. The number of oxime groups is 1. The molecule has 0 bridgehead atoms. The molecule has 0 aliphatic carbocycles. The molecule has 0 spiro atoms. The first-order chi connectivity index (χ1) is 7.72. The third kappa shape index (κ3) is 3.13. The molecule has 0 aliphatic rings. The molecular weight excluding hydrogens is 274 g/mol. The van der Waals surface area contributed by atoms with Gasteiger partial charge in [0.2, 0.25) is 0 Å². The molecule has 4 nitrogen and oxygen atoms in total. The molecule has 1 N–H and O–H groups in total. The first-order valence-corrected chi connectivity index (χ1v) is 5.78. The third-order valence-corrected chi connectivity index (χ3v) is 2.55. The first-order valence-electron chi connectivity index (χ1n) is 4.99. The fourth-order valence-electron chi connectivity index (χ4n) is 1.25. The van der Waals surface area contributed by atoms with Crippen LogP contribution in [0.25, 0.3) is 0 Å². The zero-order chi connectivity index (χ0) is 12.0. The predicted octanol–water partition coefficient (Wildman–Crippen LogP) is 3.05. The maximum atomic E-state index is 8.51. The number of hydrogen-bond acceptors (Lipinski definition) is 4. The van der Waals surface area contributed by atoms with E-state index in [1.54, 1.807) is 12.1 Å². The van der Waals surface area contributed by atoms with Gasteiger partial charge in [-0.3, -0.25) is 0 Å². The quantitative estimate of drug-likeness (QED) is 0.514. The average molecular weight is 288 g/mol. The van der Waals surface area contributed by atoms with Gasteiger partial charge in [-0.2, -0.15) is 0 Å². The van der Waals surface area contributed by atoms with Crippen LogP contribution in [-0.4, -0.2) is 24.6 Å². The topological polar surface area (TPSA) is 51.0 Å². The van der Waals surface area contributed by atoms with Crippen molar-refractivity contribution in [2.45, 2.75) is 13.8 Å². The molecule has 0 aromatic heterocycles. The van der Waals surface area contributed by atoms with Gasteiger partial charge < -0.3 is 14.7 Å². The lowest BCUT2D eigenvalue weighted by Crippen LogP contribution is -2.00. The third-order valence-electron chi connectivity index (χ3n) is 1.86. The molecule has 16 heavy (non-hydrogen) atoms. The molecule has 0 amide bonds. The second-order valence-electron chi connectivity index (χ2n) is 2.93. The minimum Gasteiger partial charge on any atom is -0.490 e. The molecule has 1 rings (SSSR count). The Morgan fingerprint density at radius 3 is 2.31 bits per heavy atom. The maximum absolute atomic E-state index is 8.51. The molecule has 1 aromatic carbocycles. The highest BCUT2D eigenvalue weighted by molar-refractivity contribution is 9.10. The molecule has 0 radical (unpaired) electrons. The molecule has 0 saturated heterocycles. The Hall–Kier alpha value is -1.23. The van der Waals surface area contributed by atoms with E-state index in [-0.39, 0.29) is 0 Å². The van der Waals surface area contributed by atoms with Crippen LogP contribution in [0.1, 0.15) is 19.4 Å².